The Hall–Kier alpha value is -1.61. The first-order valence-electron chi connectivity index (χ1n) is 8.15. The van der Waals surface area contributed by atoms with Crippen molar-refractivity contribution in [1.29, 1.82) is 0 Å². The van der Waals surface area contributed by atoms with Crippen molar-refractivity contribution >= 4 is 10.9 Å². The fraction of sp³-hybridized carbons (Fsp3) is 0.500. The Morgan fingerprint density at radius 2 is 1.90 bits per heavy atom. The van der Waals surface area contributed by atoms with Gasteiger partial charge in [0.1, 0.15) is 11.3 Å². The second-order valence-electron chi connectivity index (χ2n) is 6.48. The standard InChI is InChI=1S/C18H22N2O/c21-18-16(13-4-5-13)7-6-15-14(8-9-19-17(15)18)12-20-10-2-1-3-11-20/h6-9,13,21H,1-5,10-12H2. The smallest absolute Gasteiger partial charge is 0.145 e. The van der Waals surface area contributed by atoms with Crippen LogP contribution in [0.4, 0.5) is 0 Å². The van der Waals surface area contributed by atoms with Crippen LogP contribution in [-0.2, 0) is 6.54 Å². The van der Waals surface area contributed by atoms with Crippen LogP contribution >= 0.6 is 0 Å². The van der Waals surface area contributed by atoms with Crippen LogP contribution < -0.4 is 0 Å². The van der Waals surface area contributed by atoms with Crippen molar-refractivity contribution in [3.8, 4) is 5.75 Å². The minimum atomic E-state index is 0.412. The fourth-order valence-corrected chi connectivity index (χ4v) is 3.50. The molecule has 0 unspecified atom stereocenters. The molecule has 2 aliphatic rings. The number of phenols is 1. The van der Waals surface area contributed by atoms with E-state index < -0.39 is 0 Å². The highest BCUT2D eigenvalue weighted by molar-refractivity contribution is 5.88. The lowest BCUT2D eigenvalue weighted by atomic mass is 10.0. The van der Waals surface area contributed by atoms with Crippen molar-refractivity contribution < 1.29 is 5.11 Å². The highest BCUT2D eigenvalue weighted by Gasteiger charge is 2.27. The summed E-state index contributed by atoms with van der Waals surface area (Å²) in [5.41, 5.74) is 3.17. The number of pyridine rings is 1. The van der Waals surface area contributed by atoms with Gasteiger partial charge in [-0.15, -0.1) is 0 Å². The SMILES string of the molecule is Oc1c(C2CC2)ccc2c(CN3CCCCC3)ccnc12. The van der Waals surface area contributed by atoms with Gasteiger partial charge in [-0.1, -0.05) is 18.6 Å². The van der Waals surface area contributed by atoms with Crippen molar-refractivity contribution in [1.82, 2.24) is 9.88 Å². The maximum atomic E-state index is 10.5. The summed E-state index contributed by atoms with van der Waals surface area (Å²) in [5.74, 6) is 0.970. The summed E-state index contributed by atoms with van der Waals surface area (Å²) in [6.45, 7) is 3.35. The van der Waals surface area contributed by atoms with Gasteiger partial charge >= 0.3 is 0 Å². The van der Waals surface area contributed by atoms with Crippen molar-refractivity contribution in [2.24, 2.45) is 0 Å². The number of rotatable bonds is 3. The summed E-state index contributed by atoms with van der Waals surface area (Å²) in [4.78, 5) is 6.95. The van der Waals surface area contributed by atoms with Crippen LogP contribution in [-0.4, -0.2) is 28.1 Å². The van der Waals surface area contributed by atoms with Crippen LogP contribution in [0.1, 0.15) is 49.1 Å². The van der Waals surface area contributed by atoms with E-state index >= 15 is 0 Å². The summed E-state index contributed by atoms with van der Waals surface area (Å²) < 4.78 is 0. The first kappa shape index (κ1) is 13.1. The van der Waals surface area contributed by atoms with Gasteiger partial charge in [-0.05, 0) is 61.9 Å². The summed E-state index contributed by atoms with van der Waals surface area (Å²) in [5, 5.41) is 11.6. The Morgan fingerprint density at radius 1 is 1.10 bits per heavy atom. The van der Waals surface area contributed by atoms with E-state index in [2.05, 4.69) is 28.1 Å². The Labute approximate surface area is 125 Å². The minimum Gasteiger partial charge on any atom is -0.505 e. The highest BCUT2D eigenvalue weighted by Crippen LogP contribution is 2.46. The minimum absolute atomic E-state index is 0.412. The molecule has 0 spiro atoms. The predicted molar refractivity (Wildman–Crippen MR) is 84.5 cm³/mol. The number of aromatic hydroxyl groups is 1. The maximum Gasteiger partial charge on any atom is 0.145 e. The molecule has 2 fully saturated rings. The number of likely N-dealkylation sites (tertiary alicyclic amines) is 1. The molecule has 4 rings (SSSR count). The highest BCUT2D eigenvalue weighted by atomic mass is 16.3. The Bertz CT molecular complexity index is 658. The molecule has 0 radical (unpaired) electrons. The van der Waals surface area contributed by atoms with Crippen LogP contribution in [0.2, 0.25) is 0 Å². The van der Waals surface area contributed by atoms with Gasteiger partial charge in [0.25, 0.3) is 0 Å². The van der Waals surface area contributed by atoms with Gasteiger partial charge in [-0.3, -0.25) is 9.88 Å². The molecule has 1 aromatic carbocycles. The second-order valence-corrected chi connectivity index (χ2v) is 6.48. The Balaban J connectivity index is 1.70. The molecule has 1 saturated carbocycles. The van der Waals surface area contributed by atoms with E-state index in [1.54, 1.807) is 0 Å². The van der Waals surface area contributed by atoms with E-state index in [-0.39, 0.29) is 0 Å². The molecule has 110 valence electrons. The summed E-state index contributed by atoms with van der Waals surface area (Å²) >= 11 is 0. The normalized spacial score (nSPS) is 20.0. The van der Waals surface area contributed by atoms with Crippen LogP contribution in [0.25, 0.3) is 10.9 Å². The molecule has 2 heterocycles. The van der Waals surface area contributed by atoms with E-state index in [1.807, 2.05) is 6.20 Å². The quantitative estimate of drug-likeness (QED) is 0.930. The molecule has 1 N–H and O–H groups in total. The summed E-state index contributed by atoms with van der Waals surface area (Å²) in [6.07, 6.45) is 8.22. The third-order valence-corrected chi connectivity index (χ3v) is 4.87. The lowest BCUT2D eigenvalue weighted by Crippen LogP contribution is -2.29. The number of hydrogen-bond acceptors (Lipinski definition) is 3. The van der Waals surface area contributed by atoms with Crippen LogP contribution in [0.5, 0.6) is 5.75 Å². The molecular formula is C18H22N2O. The van der Waals surface area contributed by atoms with Gasteiger partial charge in [0.2, 0.25) is 0 Å². The van der Waals surface area contributed by atoms with Gasteiger partial charge in [0.05, 0.1) is 0 Å². The second kappa shape index (κ2) is 5.30. The molecule has 2 aromatic rings. The van der Waals surface area contributed by atoms with Crippen LogP contribution in [0.3, 0.4) is 0 Å². The van der Waals surface area contributed by atoms with Crippen LogP contribution in [0, 0.1) is 0 Å². The summed E-state index contributed by atoms with van der Waals surface area (Å²) in [6, 6.07) is 6.37. The average Bonchev–Trinajstić information content (AvgIpc) is 3.34. The maximum absolute atomic E-state index is 10.5. The van der Waals surface area contributed by atoms with E-state index in [1.165, 1.54) is 50.8 Å². The monoisotopic (exact) mass is 282 g/mol. The topological polar surface area (TPSA) is 36.4 Å². The molecule has 1 saturated heterocycles. The molecular weight excluding hydrogens is 260 g/mol. The Morgan fingerprint density at radius 3 is 2.67 bits per heavy atom. The molecule has 1 aliphatic heterocycles. The number of fused-ring (bicyclic) bond motifs is 1. The number of phenolic OH excluding ortho intramolecular Hbond substituents is 1. The number of hydrogen-bond donors (Lipinski definition) is 1. The first-order chi connectivity index (χ1) is 10.3. The van der Waals surface area contributed by atoms with E-state index in [0.717, 1.165) is 23.0 Å². The third-order valence-electron chi connectivity index (χ3n) is 4.87. The zero-order valence-electron chi connectivity index (χ0n) is 12.4. The predicted octanol–water partition coefficient (Wildman–Crippen LogP) is 3.80. The largest absolute Gasteiger partial charge is 0.505 e. The van der Waals surface area contributed by atoms with Gasteiger partial charge in [0, 0.05) is 18.1 Å². The molecule has 3 heteroatoms. The summed E-state index contributed by atoms with van der Waals surface area (Å²) in [7, 11) is 0. The third kappa shape index (κ3) is 2.51. The number of aromatic nitrogens is 1. The molecule has 21 heavy (non-hydrogen) atoms. The van der Waals surface area contributed by atoms with Gasteiger partial charge in [0.15, 0.2) is 0 Å². The lowest BCUT2D eigenvalue weighted by molar-refractivity contribution is 0.221. The molecule has 0 amide bonds. The first-order valence-corrected chi connectivity index (χ1v) is 8.15. The van der Waals surface area contributed by atoms with E-state index in [9.17, 15) is 5.11 Å². The van der Waals surface area contributed by atoms with Crippen LogP contribution in [0.15, 0.2) is 24.4 Å². The molecule has 3 nitrogen and oxygen atoms in total. The van der Waals surface area contributed by atoms with Crippen molar-refractivity contribution in [3.05, 3.63) is 35.5 Å². The van der Waals surface area contributed by atoms with E-state index in [0.29, 0.717) is 11.7 Å². The van der Waals surface area contributed by atoms with Crippen molar-refractivity contribution in [3.63, 3.8) is 0 Å². The zero-order chi connectivity index (χ0) is 14.2. The number of benzene rings is 1. The Kier molecular flexibility index (Phi) is 3.30. The molecule has 0 atom stereocenters. The van der Waals surface area contributed by atoms with E-state index in [4.69, 9.17) is 0 Å². The van der Waals surface area contributed by atoms with Crippen molar-refractivity contribution in [2.45, 2.75) is 44.6 Å². The molecule has 0 bridgehead atoms. The number of nitrogens with zero attached hydrogens (tertiary/aromatic N) is 2. The van der Waals surface area contributed by atoms with Gasteiger partial charge < -0.3 is 5.11 Å². The molecule has 1 aromatic heterocycles. The number of piperidine rings is 1. The lowest BCUT2D eigenvalue weighted by Gasteiger charge is -2.26. The fourth-order valence-electron chi connectivity index (χ4n) is 3.50. The zero-order valence-corrected chi connectivity index (χ0v) is 12.4. The van der Waals surface area contributed by atoms with Gasteiger partial charge in [-0.2, -0.15) is 0 Å². The van der Waals surface area contributed by atoms with Gasteiger partial charge in [-0.25, -0.2) is 0 Å². The average molecular weight is 282 g/mol. The molecule has 1 aliphatic carbocycles. The van der Waals surface area contributed by atoms with Crippen molar-refractivity contribution in [2.75, 3.05) is 13.1 Å².